The van der Waals surface area contributed by atoms with Gasteiger partial charge in [-0.1, -0.05) is 11.6 Å². The minimum Gasteiger partial charge on any atom is -0.485 e. The third-order valence-corrected chi connectivity index (χ3v) is 5.75. The Hall–Kier alpha value is -3.70. The molecular formula is C24H23ClF2N6O3. The lowest BCUT2D eigenvalue weighted by Gasteiger charge is -2.16. The molecule has 188 valence electrons. The second-order valence-electron chi connectivity index (χ2n) is 8.77. The van der Waals surface area contributed by atoms with Crippen LogP contribution < -0.4 is 10.3 Å². The summed E-state index contributed by atoms with van der Waals surface area (Å²) in [5, 5.41) is 14.4. The zero-order chi connectivity index (χ0) is 26.4. The first-order chi connectivity index (χ1) is 16.9. The zero-order valence-corrected chi connectivity index (χ0v) is 20.9. The van der Waals surface area contributed by atoms with Gasteiger partial charge in [0, 0.05) is 31.1 Å². The van der Waals surface area contributed by atoms with Crippen molar-refractivity contribution in [2.45, 2.75) is 39.9 Å². The van der Waals surface area contributed by atoms with E-state index in [4.69, 9.17) is 16.3 Å². The second-order valence-corrected chi connectivity index (χ2v) is 9.15. The van der Waals surface area contributed by atoms with E-state index in [0.717, 1.165) is 6.20 Å². The Morgan fingerprint density at radius 3 is 2.50 bits per heavy atom. The van der Waals surface area contributed by atoms with Gasteiger partial charge in [0.05, 0.1) is 11.9 Å². The van der Waals surface area contributed by atoms with Crippen LogP contribution in [0.1, 0.15) is 36.6 Å². The quantitative estimate of drug-likeness (QED) is 0.415. The third-order valence-electron chi connectivity index (χ3n) is 5.40. The average Bonchev–Trinajstić information content (AvgIpc) is 3.19. The van der Waals surface area contributed by atoms with Gasteiger partial charge in [-0.3, -0.25) is 19.3 Å². The number of aromatic nitrogens is 6. The molecule has 0 aliphatic heterocycles. The van der Waals surface area contributed by atoms with Crippen molar-refractivity contribution in [1.29, 1.82) is 0 Å². The van der Waals surface area contributed by atoms with E-state index in [9.17, 15) is 18.7 Å². The van der Waals surface area contributed by atoms with E-state index in [1.54, 1.807) is 47.0 Å². The number of nitrogens with zero attached hydrogens (tertiary/aromatic N) is 6. The van der Waals surface area contributed by atoms with Crippen molar-refractivity contribution in [3.05, 3.63) is 80.4 Å². The number of rotatable bonds is 6. The van der Waals surface area contributed by atoms with Crippen LogP contribution in [0.4, 0.5) is 8.78 Å². The second kappa shape index (κ2) is 9.40. The maximum absolute atomic E-state index is 13.9. The molecule has 4 heterocycles. The van der Waals surface area contributed by atoms with E-state index >= 15 is 0 Å². The highest BCUT2D eigenvalue weighted by Crippen LogP contribution is 2.27. The molecule has 0 atom stereocenters. The Bertz CT molecular complexity index is 1530. The number of hydrogen-bond donors (Lipinski definition) is 1. The van der Waals surface area contributed by atoms with E-state index in [1.807, 2.05) is 0 Å². The summed E-state index contributed by atoms with van der Waals surface area (Å²) in [7, 11) is 1.67. The maximum Gasteiger partial charge on any atom is 0.277 e. The Morgan fingerprint density at radius 1 is 1.14 bits per heavy atom. The highest BCUT2D eigenvalue weighted by Gasteiger charge is 2.25. The van der Waals surface area contributed by atoms with Gasteiger partial charge in [-0.15, -0.1) is 5.10 Å². The molecule has 0 aromatic carbocycles. The van der Waals surface area contributed by atoms with Crippen molar-refractivity contribution in [3.8, 4) is 23.0 Å². The van der Waals surface area contributed by atoms with E-state index < -0.39 is 22.8 Å². The van der Waals surface area contributed by atoms with E-state index in [2.05, 4.69) is 20.1 Å². The van der Waals surface area contributed by atoms with Gasteiger partial charge < -0.3 is 9.84 Å². The molecule has 0 saturated carbocycles. The van der Waals surface area contributed by atoms with Crippen LogP contribution in [-0.2, 0) is 19.3 Å². The van der Waals surface area contributed by atoms with Gasteiger partial charge in [-0.25, -0.2) is 18.4 Å². The molecule has 0 aliphatic rings. The number of halogens is 3. The van der Waals surface area contributed by atoms with Gasteiger partial charge in [-0.2, -0.15) is 0 Å². The number of aryl methyl sites for hydroxylation is 3. The summed E-state index contributed by atoms with van der Waals surface area (Å²) in [4.78, 5) is 25.7. The van der Waals surface area contributed by atoms with Gasteiger partial charge >= 0.3 is 0 Å². The third kappa shape index (κ3) is 4.84. The molecule has 0 spiro atoms. The number of aliphatic hydroxyl groups is 1. The van der Waals surface area contributed by atoms with Crippen LogP contribution in [0.3, 0.4) is 0 Å². The van der Waals surface area contributed by atoms with Crippen LogP contribution in [0.25, 0.3) is 17.2 Å². The molecule has 12 heteroatoms. The molecule has 9 nitrogen and oxygen atoms in total. The van der Waals surface area contributed by atoms with Crippen LogP contribution in [-0.4, -0.2) is 34.4 Å². The summed E-state index contributed by atoms with van der Waals surface area (Å²) in [5.41, 5.74) is 0.157. The van der Waals surface area contributed by atoms with Crippen molar-refractivity contribution < 1.29 is 18.6 Å². The van der Waals surface area contributed by atoms with Crippen LogP contribution in [0.5, 0.6) is 5.75 Å². The predicted octanol–water partition coefficient (Wildman–Crippen LogP) is 3.78. The minimum atomic E-state index is -1.21. The summed E-state index contributed by atoms with van der Waals surface area (Å²) < 4.78 is 35.4. The minimum absolute atomic E-state index is 0.0362. The SMILES string of the molecule is Cc1cnc(-c2nc(C(C)(C)O)n(C)n2)cc1-n1c(C)cc(OCc2ncc(F)cc2F)c(Cl)c1=O. The molecule has 4 rings (SSSR count). The van der Waals surface area contributed by atoms with Crippen LogP contribution in [0, 0.1) is 25.5 Å². The van der Waals surface area contributed by atoms with E-state index in [0.29, 0.717) is 34.5 Å². The zero-order valence-electron chi connectivity index (χ0n) is 20.2. The summed E-state index contributed by atoms with van der Waals surface area (Å²) in [6.07, 6.45) is 2.45. The van der Waals surface area contributed by atoms with Crippen LogP contribution >= 0.6 is 11.6 Å². The molecule has 36 heavy (non-hydrogen) atoms. The Labute approximate surface area is 210 Å². The normalized spacial score (nSPS) is 11.7. The highest BCUT2D eigenvalue weighted by molar-refractivity contribution is 6.31. The maximum atomic E-state index is 13.9. The summed E-state index contributed by atoms with van der Waals surface area (Å²) >= 11 is 6.33. The molecule has 4 aromatic heterocycles. The average molecular weight is 517 g/mol. The monoisotopic (exact) mass is 516 g/mol. The van der Waals surface area contributed by atoms with Crippen LogP contribution in [0.2, 0.25) is 5.02 Å². The molecule has 4 aromatic rings. The lowest BCUT2D eigenvalue weighted by molar-refractivity contribution is 0.0648. The Kier molecular flexibility index (Phi) is 6.63. The lowest BCUT2D eigenvalue weighted by Crippen LogP contribution is -2.23. The predicted molar refractivity (Wildman–Crippen MR) is 128 cm³/mol. The topological polar surface area (TPSA) is 108 Å². The molecule has 0 radical (unpaired) electrons. The number of hydrogen-bond acceptors (Lipinski definition) is 7. The fourth-order valence-electron chi connectivity index (χ4n) is 3.68. The number of ether oxygens (including phenoxy) is 1. The van der Waals surface area contributed by atoms with Gasteiger partial charge in [0.2, 0.25) is 0 Å². The molecule has 0 amide bonds. The van der Waals surface area contributed by atoms with Gasteiger partial charge in [0.15, 0.2) is 17.5 Å². The fourth-order valence-corrected chi connectivity index (χ4v) is 3.88. The van der Waals surface area contributed by atoms with Crippen molar-refractivity contribution in [3.63, 3.8) is 0 Å². The standard InChI is InChI=1S/C24H23ClF2N6O3/c1-12-9-28-16(21-30-23(24(3,4)35)32(5)31-21)8-18(12)33-13(2)6-19(20(25)22(33)34)36-11-17-15(27)7-14(26)10-29-17/h6-10,35H,11H2,1-5H3. The first-order valence-corrected chi connectivity index (χ1v) is 11.2. The van der Waals surface area contributed by atoms with Gasteiger partial charge in [0.25, 0.3) is 5.56 Å². The summed E-state index contributed by atoms with van der Waals surface area (Å²) in [6, 6.07) is 3.89. The first-order valence-electron chi connectivity index (χ1n) is 10.8. The molecule has 0 bridgehead atoms. The van der Waals surface area contributed by atoms with Crippen molar-refractivity contribution >= 4 is 11.6 Å². The van der Waals surface area contributed by atoms with Gasteiger partial charge in [-0.05, 0) is 39.3 Å². The molecule has 0 saturated heterocycles. The van der Waals surface area contributed by atoms with Crippen LogP contribution in [0.15, 0.2) is 35.4 Å². The molecule has 0 aliphatic carbocycles. The lowest BCUT2D eigenvalue weighted by atomic mass is 10.1. The van der Waals surface area contributed by atoms with Crippen molar-refractivity contribution in [2.75, 3.05) is 0 Å². The summed E-state index contributed by atoms with van der Waals surface area (Å²) in [6.45, 7) is 6.33. The smallest absolute Gasteiger partial charge is 0.277 e. The molecule has 1 N–H and O–H groups in total. The number of pyridine rings is 3. The molecular weight excluding hydrogens is 494 g/mol. The fraction of sp³-hybridized carbons (Fsp3) is 0.292. The van der Waals surface area contributed by atoms with Gasteiger partial charge in [0.1, 0.15) is 40.2 Å². The Morgan fingerprint density at radius 2 is 1.86 bits per heavy atom. The summed E-state index contributed by atoms with van der Waals surface area (Å²) in [5.74, 6) is -1.01. The first kappa shape index (κ1) is 25.4. The highest BCUT2D eigenvalue weighted by atomic mass is 35.5. The van der Waals surface area contributed by atoms with Crippen molar-refractivity contribution in [1.82, 2.24) is 29.3 Å². The van der Waals surface area contributed by atoms with E-state index in [1.165, 1.54) is 15.3 Å². The molecule has 0 fully saturated rings. The largest absolute Gasteiger partial charge is 0.485 e. The van der Waals surface area contributed by atoms with Crippen molar-refractivity contribution in [2.24, 2.45) is 7.05 Å². The van der Waals surface area contributed by atoms with E-state index in [-0.39, 0.29) is 28.9 Å². The Balaban J connectivity index is 1.72. The molecule has 0 unspecified atom stereocenters.